The van der Waals surface area contributed by atoms with Crippen LogP contribution in [0.3, 0.4) is 0 Å². The van der Waals surface area contributed by atoms with Crippen molar-refractivity contribution in [1.82, 2.24) is 9.97 Å². The summed E-state index contributed by atoms with van der Waals surface area (Å²) in [4.78, 5) is 8.47. The zero-order valence-electron chi connectivity index (χ0n) is 10.1. The second-order valence-electron chi connectivity index (χ2n) is 3.99. The maximum Gasteiger partial charge on any atom is 0.222 e. The first-order valence-electron chi connectivity index (χ1n) is 5.39. The monoisotopic (exact) mass is 231 g/mol. The molecule has 0 saturated heterocycles. The molecule has 0 aliphatic heterocycles. The first-order chi connectivity index (χ1) is 8.10. The van der Waals surface area contributed by atoms with E-state index < -0.39 is 0 Å². The molecule has 1 aromatic carbocycles. The molecule has 0 aliphatic rings. The molecule has 4 heteroatoms. The molecule has 0 atom stereocenters. The number of nitrogens with one attached hydrogen (secondary N) is 1. The van der Waals surface area contributed by atoms with Gasteiger partial charge in [-0.2, -0.15) is 0 Å². The van der Waals surface area contributed by atoms with Gasteiger partial charge in [-0.05, 0) is 43.2 Å². The minimum absolute atomic E-state index is 0.246. The lowest BCUT2D eigenvalue weighted by atomic mass is 10.1. The number of rotatable bonds is 2. The lowest BCUT2D eigenvalue weighted by molar-refractivity contribution is 0.627. The van der Waals surface area contributed by atoms with E-state index in [9.17, 15) is 4.39 Å². The number of aromatic nitrogens is 2. The van der Waals surface area contributed by atoms with Crippen molar-refractivity contribution in [2.75, 3.05) is 12.4 Å². The minimum Gasteiger partial charge on any atom is -0.357 e. The Bertz CT molecular complexity index is 532. The topological polar surface area (TPSA) is 37.8 Å². The predicted molar refractivity (Wildman–Crippen MR) is 66.4 cm³/mol. The fourth-order valence-electron chi connectivity index (χ4n) is 1.73. The average Bonchev–Trinajstić information content (AvgIpc) is 2.28. The smallest absolute Gasteiger partial charge is 0.222 e. The van der Waals surface area contributed by atoms with Crippen LogP contribution in [0.1, 0.15) is 11.1 Å². The van der Waals surface area contributed by atoms with E-state index in [2.05, 4.69) is 15.3 Å². The van der Waals surface area contributed by atoms with Crippen LogP contribution >= 0.6 is 0 Å². The fourth-order valence-corrected chi connectivity index (χ4v) is 1.73. The van der Waals surface area contributed by atoms with E-state index in [0.717, 1.165) is 22.4 Å². The van der Waals surface area contributed by atoms with Crippen molar-refractivity contribution in [3.05, 3.63) is 41.3 Å². The molecule has 1 N–H and O–H groups in total. The van der Waals surface area contributed by atoms with Gasteiger partial charge in [-0.3, -0.25) is 0 Å². The molecular weight excluding hydrogens is 217 g/mol. The first kappa shape index (κ1) is 11.5. The normalized spacial score (nSPS) is 10.4. The summed E-state index contributed by atoms with van der Waals surface area (Å²) < 4.78 is 13.4. The van der Waals surface area contributed by atoms with Gasteiger partial charge in [0.25, 0.3) is 0 Å². The summed E-state index contributed by atoms with van der Waals surface area (Å²) in [6, 6.07) is 4.90. The van der Waals surface area contributed by atoms with Crippen LogP contribution in [-0.4, -0.2) is 17.0 Å². The molecule has 88 valence electrons. The highest BCUT2D eigenvalue weighted by molar-refractivity contribution is 5.64. The summed E-state index contributed by atoms with van der Waals surface area (Å²) in [7, 11) is 1.76. The maximum absolute atomic E-state index is 13.4. The van der Waals surface area contributed by atoms with Crippen molar-refractivity contribution in [1.29, 1.82) is 0 Å². The van der Waals surface area contributed by atoms with Crippen LogP contribution in [0.5, 0.6) is 0 Å². The van der Waals surface area contributed by atoms with Gasteiger partial charge >= 0.3 is 0 Å². The Hall–Kier alpha value is -1.97. The fraction of sp³-hybridized carbons (Fsp3) is 0.231. The summed E-state index contributed by atoms with van der Waals surface area (Å²) in [5, 5.41) is 2.88. The van der Waals surface area contributed by atoms with E-state index >= 15 is 0 Å². The molecule has 2 rings (SSSR count). The van der Waals surface area contributed by atoms with Gasteiger partial charge in [0.1, 0.15) is 5.82 Å². The zero-order valence-corrected chi connectivity index (χ0v) is 10.1. The number of halogens is 1. The van der Waals surface area contributed by atoms with Crippen molar-refractivity contribution >= 4 is 5.95 Å². The van der Waals surface area contributed by atoms with Crippen molar-refractivity contribution < 1.29 is 4.39 Å². The summed E-state index contributed by atoms with van der Waals surface area (Å²) in [5.74, 6) is 0.288. The number of nitrogens with zero attached hydrogens (tertiary/aromatic N) is 2. The molecule has 0 unspecified atom stereocenters. The van der Waals surface area contributed by atoms with E-state index in [4.69, 9.17) is 0 Å². The standard InChI is InChI=1S/C13H14FN3/c1-8-4-10(6-11(14)5-8)12-9(2)7-16-13(15-3)17-12/h4-7H,1-3H3,(H,15,16,17). The van der Waals surface area contributed by atoms with Crippen molar-refractivity contribution in [2.45, 2.75) is 13.8 Å². The second-order valence-corrected chi connectivity index (χ2v) is 3.99. The molecule has 1 heterocycles. The van der Waals surface area contributed by atoms with Crippen LogP contribution in [-0.2, 0) is 0 Å². The molecule has 0 fully saturated rings. The van der Waals surface area contributed by atoms with Gasteiger partial charge in [0, 0.05) is 18.8 Å². The van der Waals surface area contributed by atoms with Crippen LogP contribution in [0.15, 0.2) is 24.4 Å². The third-order valence-corrected chi connectivity index (χ3v) is 2.51. The molecule has 17 heavy (non-hydrogen) atoms. The minimum atomic E-state index is -0.246. The molecule has 0 radical (unpaired) electrons. The van der Waals surface area contributed by atoms with Gasteiger partial charge in [-0.25, -0.2) is 14.4 Å². The molecule has 0 aliphatic carbocycles. The Balaban J connectivity index is 2.58. The van der Waals surface area contributed by atoms with Gasteiger partial charge < -0.3 is 5.32 Å². The summed E-state index contributed by atoms with van der Waals surface area (Å²) in [6.07, 6.45) is 1.73. The van der Waals surface area contributed by atoms with Crippen molar-refractivity contribution in [3.8, 4) is 11.3 Å². The number of hydrogen-bond acceptors (Lipinski definition) is 3. The molecule has 0 saturated carbocycles. The summed E-state index contributed by atoms with van der Waals surface area (Å²) in [5.41, 5.74) is 3.34. The summed E-state index contributed by atoms with van der Waals surface area (Å²) in [6.45, 7) is 3.77. The van der Waals surface area contributed by atoms with E-state index in [-0.39, 0.29) is 5.82 Å². The van der Waals surface area contributed by atoms with E-state index in [1.54, 1.807) is 13.2 Å². The van der Waals surface area contributed by atoms with Gasteiger partial charge in [-0.1, -0.05) is 0 Å². The van der Waals surface area contributed by atoms with Crippen molar-refractivity contribution in [2.24, 2.45) is 0 Å². The Morgan fingerprint density at radius 2 is 1.94 bits per heavy atom. The molecule has 0 amide bonds. The van der Waals surface area contributed by atoms with Crippen molar-refractivity contribution in [3.63, 3.8) is 0 Å². The molecule has 0 spiro atoms. The lowest BCUT2D eigenvalue weighted by Crippen LogP contribution is -1.99. The van der Waals surface area contributed by atoms with Crippen LogP contribution in [0, 0.1) is 19.7 Å². The van der Waals surface area contributed by atoms with Crippen LogP contribution < -0.4 is 5.32 Å². The number of anilines is 1. The largest absolute Gasteiger partial charge is 0.357 e. The van der Waals surface area contributed by atoms with Gasteiger partial charge in [0.15, 0.2) is 0 Å². The quantitative estimate of drug-likeness (QED) is 0.863. The van der Waals surface area contributed by atoms with Crippen LogP contribution in [0.25, 0.3) is 11.3 Å². The second kappa shape index (κ2) is 4.49. The number of benzene rings is 1. The van der Waals surface area contributed by atoms with Crippen LogP contribution in [0.2, 0.25) is 0 Å². The Labute approximate surface area is 99.7 Å². The van der Waals surface area contributed by atoms with Gasteiger partial charge in [0.05, 0.1) is 5.69 Å². The number of aryl methyl sites for hydroxylation is 2. The Morgan fingerprint density at radius 1 is 1.18 bits per heavy atom. The van der Waals surface area contributed by atoms with E-state index in [1.165, 1.54) is 12.1 Å². The highest BCUT2D eigenvalue weighted by atomic mass is 19.1. The third kappa shape index (κ3) is 2.41. The highest BCUT2D eigenvalue weighted by Gasteiger charge is 2.07. The molecule has 0 bridgehead atoms. The Morgan fingerprint density at radius 3 is 2.59 bits per heavy atom. The number of hydrogen-bond donors (Lipinski definition) is 1. The summed E-state index contributed by atoms with van der Waals surface area (Å²) >= 11 is 0. The van der Waals surface area contributed by atoms with E-state index in [0.29, 0.717) is 5.95 Å². The van der Waals surface area contributed by atoms with Crippen LogP contribution in [0.4, 0.5) is 10.3 Å². The first-order valence-corrected chi connectivity index (χ1v) is 5.39. The molecule has 3 nitrogen and oxygen atoms in total. The van der Waals surface area contributed by atoms with E-state index in [1.807, 2.05) is 19.9 Å². The molecule has 1 aromatic heterocycles. The average molecular weight is 231 g/mol. The SMILES string of the molecule is CNc1ncc(C)c(-c2cc(C)cc(F)c2)n1. The molecular formula is C13H14FN3. The van der Waals surface area contributed by atoms with Gasteiger partial charge in [0.2, 0.25) is 5.95 Å². The maximum atomic E-state index is 13.4. The third-order valence-electron chi connectivity index (χ3n) is 2.51. The molecule has 2 aromatic rings. The highest BCUT2D eigenvalue weighted by Crippen LogP contribution is 2.23. The zero-order chi connectivity index (χ0) is 12.4. The Kier molecular flexibility index (Phi) is 3.04. The predicted octanol–water partition coefficient (Wildman–Crippen LogP) is 2.94. The van der Waals surface area contributed by atoms with Gasteiger partial charge in [-0.15, -0.1) is 0 Å². The lowest BCUT2D eigenvalue weighted by Gasteiger charge is -2.08.